The Morgan fingerprint density at radius 2 is 2.26 bits per heavy atom. The van der Waals surface area contributed by atoms with Gasteiger partial charge in [0.1, 0.15) is 16.4 Å². The number of hydrogen-bond acceptors (Lipinski definition) is 5. The summed E-state index contributed by atoms with van der Waals surface area (Å²) in [5, 5.41) is 3.46. The normalized spacial score (nSPS) is 12.5. The van der Waals surface area contributed by atoms with E-state index in [1.165, 1.54) is 18.4 Å². The number of aromatic nitrogens is 1. The SMILES string of the molecule is COC(=O)C(c1cc2ccccc2o1)c1nccs1. The number of rotatable bonds is 3. The quantitative estimate of drug-likeness (QED) is 0.688. The molecule has 5 heteroatoms. The molecule has 0 radical (unpaired) electrons. The number of thiazole rings is 1. The van der Waals surface area contributed by atoms with Crippen molar-refractivity contribution in [2.24, 2.45) is 0 Å². The number of benzene rings is 1. The van der Waals surface area contributed by atoms with E-state index in [-0.39, 0.29) is 5.97 Å². The summed E-state index contributed by atoms with van der Waals surface area (Å²) in [6.45, 7) is 0. The summed E-state index contributed by atoms with van der Waals surface area (Å²) in [5.74, 6) is -0.408. The molecule has 0 saturated heterocycles. The highest BCUT2D eigenvalue weighted by Gasteiger charge is 2.29. The molecular weight excluding hydrogens is 262 g/mol. The maximum atomic E-state index is 12.0. The maximum absolute atomic E-state index is 12.0. The van der Waals surface area contributed by atoms with Crippen LogP contribution in [0.2, 0.25) is 0 Å². The van der Waals surface area contributed by atoms with E-state index in [2.05, 4.69) is 4.98 Å². The lowest BCUT2D eigenvalue weighted by molar-refractivity contribution is -0.141. The Kier molecular flexibility index (Phi) is 3.05. The Labute approximate surface area is 113 Å². The van der Waals surface area contributed by atoms with Crippen LogP contribution in [-0.4, -0.2) is 18.1 Å². The predicted octanol–water partition coefficient (Wildman–Crippen LogP) is 3.19. The van der Waals surface area contributed by atoms with Crippen LogP contribution in [-0.2, 0) is 9.53 Å². The summed E-state index contributed by atoms with van der Waals surface area (Å²) in [4.78, 5) is 16.2. The molecule has 0 saturated carbocycles. The fraction of sp³-hybridized carbons (Fsp3) is 0.143. The van der Waals surface area contributed by atoms with Crippen molar-refractivity contribution in [3.8, 4) is 0 Å². The van der Waals surface area contributed by atoms with Crippen molar-refractivity contribution < 1.29 is 13.9 Å². The summed E-state index contributed by atoms with van der Waals surface area (Å²) < 4.78 is 10.6. The number of fused-ring (bicyclic) bond motifs is 1. The molecule has 1 unspecified atom stereocenters. The van der Waals surface area contributed by atoms with Gasteiger partial charge in [-0.2, -0.15) is 0 Å². The predicted molar refractivity (Wildman–Crippen MR) is 72.2 cm³/mol. The summed E-state index contributed by atoms with van der Waals surface area (Å²) in [6.07, 6.45) is 1.67. The number of para-hydroxylation sites is 1. The molecule has 0 fully saturated rings. The van der Waals surface area contributed by atoms with Crippen molar-refractivity contribution in [1.29, 1.82) is 0 Å². The second kappa shape index (κ2) is 4.85. The first kappa shape index (κ1) is 11.9. The van der Waals surface area contributed by atoms with Crippen molar-refractivity contribution >= 4 is 28.3 Å². The van der Waals surface area contributed by atoms with Crippen LogP contribution < -0.4 is 0 Å². The fourth-order valence-corrected chi connectivity index (χ4v) is 2.71. The van der Waals surface area contributed by atoms with Gasteiger partial charge in [0.05, 0.1) is 7.11 Å². The van der Waals surface area contributed by atoms with E-state index in [4.69, 9.17) is 9.15 Å². The minimum atomic E-state index is -0.600. The molecule has 0 spiro atoms. The van der Waals surface area contributed by atoms with Crippen molar-refractivity contribution in [3.05, 3.63) is 52.7 Å². The zero-order chi connectivity index (χ0) is 13.2. The molecule has 4 nitrogen and oxygen atoms in total. The highest BCUT2D eigenvalue weighted by Crippen LogP contribution is 2.31. The number of nitrogens with zero attached hydrogens (tertiary/aromatic N) is 1. The summed E-state index contributed by atoms with van der Waals surface area (Å²) in [5.41, 5.74) is 0.753. The molecule has 0 aliphatic rings. The lowest BCUT2D eigenvalue weighted by Crippen LogP contribution is -2.14. The second-order valence-electron chi connectivity index (χ2n) is 4.01. The van der Waals surface area contributed by atoms with Gasteiger partial charge in [-0.15, -0.1) is 11.3 Å². The van der Waals surface area contributed by atoms with Crippen LogP contribution >= 0.6 is 11.3 Å². The Bertz CT molecular complexity index is 669. The Morgan fingerprint density at radius 3 is 2.95 bits per heavy atom. The molecule has 3 rings (SSSR count). The molecule has 0 aliphatic heterocycles. The molecule has 96 valence electrons. The van der Waals surface area contributed by atoms with E-state index < -0.39 is 5.92 Å². The lowest BCUT2D eigenvalue weighted by atomic mass is 10.1. The standard InChI is InChI=1S/C14H11NO3S/c1-17-14(16)12(13-15-6-7-19-13)11-8-9-4-2-3-5-10(9)18-11/h2-8,12H,1H3. The molecule has 0 N–H and O–H groups in total. The Morgan fingerprint density at radius 1 is 1.42 bits per heavy atom. The number of methoxy groups -OCH3 is 1. The first-order valence-corrected chi connectivity index (χ1v) is 6.63. The van der Waals surface area contributed by atoms with Crippen molar-refractivity contribution in [2.75, 3.05) is 7.11 Å². The minimum Gasteiger partial charge on any atom is -0.468 e. The van der Waals surface area contributed by atoms with Gasteiger partial charge in [-0.25, -0.2) is 4.98 Å². The highest BCUT2D eigenvalue weighted by atomic mass is 32.1. The third kappa shape index (κ3) is 2.13. The number of ether oxygens (including phenoxy) is 1. The number of esters is 1. The van der Waals surface area contributed by atoms with Crippen LogP contribution in [0.25, 0.3) is 11.0 Å². The Balaban J connectivity index is 2.11. The lowest BCUT2D eigenvalue weighted by Gasteiger charge is -2.08. The molecule has 0 amide bonds. The molecule has 1 aromatic carbocycles. The van der Waals surface area contributed by atoms with E-state index in [0.29, 0.717) is 10.8 Å². The molecule has 2 heterocycles. The first-order valence-electron chi connectivity index (χ1n) is 5.75. The molecular formula is C14H11NO3S. The molecule has 2 aromatic heterocycles. The monoisotopic (exact) mass is 273 g/mol. The fourth-order valence-electron chi connectivity index (χ4n) is 1.98. The van der Waals surface area contributed by atoms with Crippen LogP contribution in [0.3, 0.4) is 0 Å². The molecule has 0 aliphatic carbocycles. The number of furan rings is 1. The van der Waals surface area contributed by atoms with Crippen LogP contribution in [0, 0.1) is 0 Å². The highest BCUT2D eigenvalue weighted by molar-refractivity contribution is 7.09. The van der Waals surface area contributed by atoms with E-state index in [1.54, 1.807) is 6.20 Å². The van der Waals surface area contributed by atoms with Crippen LogP contribution in [0.15, 0.2) is 46.3 Å². The van der Waals surface area contributed by atoms with Gasteiger partial charge in [-0.1, -0.05) is 18.2 Å². The van der Waals surface area contributed by atoms with Crippen LogP contribution in [0.4, 0.5) is 0 Å². The van der Waals surface area contributed by atoms with Gasteiger partial charge >= 0.3 is 5.97 Å². The topological polar surface area (TPSA) is 52.3 Å². The number of hydrogen-bond donors (Lipinski definition) is 0. The van der Waals surface area contributed by atoms with E-state index >= 15 is 0 Å². The van der Waals surface area contributed by atoms with Gasteiger partial charge < -0.3 is 9.15 Å². The van der Waals surface area contributed by atoms with Crippen molar-refractivity contribution in [3.63, 3.8) is 0 Å². The third-order valence-electron chi connectivity index (χ3n) is 2.86. The maximum Gasteiger partial charge on any atom is 0.323 e. The van der Waals surface area contributed by atoms with Gasteiger partial charge in [0, 0.05) is 17.0 Å². The van der Waals surface area contributed by atoms with Crippen molar-refractivity contribution in [2.45, 2.75) is 5.92 Å². The zero-order valence-corrected chi connectivity index (χ0v) is 11.0. The number of carbonyl (C=O) groups excluding carboxylic acids is 1. The Hall–Kier alpha value is -2.14. The number of carbonyl (C=O) groups is 1. The molecule has 0 bridgehead atoms. The third-order valence-corrected chi connectivity index (χ3v) is 3.70. The van der Waals surface area contributed by atoms with Gasteiger partial charge in [-0.3, -0.25) is 4.79 Å². The smallest absolute Gasteiger partial charge is 0.323 e. The molecule has 3 aromatic rings. The summed E-state index contributed by atoms with van der Waals surface area (Å²) in [7, 11) is 1.37. The van der Waals surface area contributed by atoms with Crippen LogP contribution in [0.1, 0.15) is 16.7 Å². The largest absolute Gasteiger partial charge is 0.468 e. The average molecular weight is 273 g/mol. The minimum absolute atomic E-state index is 0.367. The summed E-state index contributed by atoms with van der Waals surface area (Å²) >= 11 is 1.41. The van der Waals surface area contributed by atoms with Gasteiger partial charge in [0.15, 0.2) is 5.92 Å². The van der Waals surface area contributed by atoms with Gasteiger partial charge in [-0.05, 0) is 12.1 Å². The summed E-state index contributed by atoms with van der Waals surface area (Å²) in [6, 6.07) is 9.50. The average Bonchev–Trinajstić information content (AvgIpc) is 3.07. The van der Waals surface area contributed by atoms with E-state index in [0.717, 1.165) is 11.0 Å². The van der Waals surface area contributed by atoms with Gasteiger partial charge in [0.25, 0.3) is 0 Å². The van der Waals surface area contributed by atoms with Crippen LogP contribution in [0.5, 0.6) is 0 Å². The molecule has 19 heavy (non-hydrogen) atoms. The van der Waals surface area contributed by atoms with Gasteiger partial charge in [0.2, 0.25) is 0 Å². The first-order chi connectivity index (χ1) is 9.29. The van der Waals surface area contributed by atoms with E-state index in [9.17, 15) is 4.79 Å². The molecule has 1 atom stereocenters. The zero-order valence-electron chi connectivity index (χ0n) is 10.2. The second-order valence-corrected chi connectivity index (χ2v) is 4.94. The van der Waals surface area contributed by atoms with E-state index in [1.807, 2.05) is 35.7 Å². The van der Waals surface area contributed by atoms with Crippen molar-refractivity contribution in [1.82, 2.24) is 4.98 Å².